The van der Waals surface area contributed by atoms with Crippen LogP contribution in [-0.2, 0) is 6.42 Å². The van der Waals surface area contributed by atoms with Gasteiger partial charge in [-0.3, -0.25) is 4.79 Å². The molecule has 7 nitrogen and oxygen atoms in total. The van der Waals surface area contributed by atoms with E-state index in [4.69, 9.17) is 9.47 Å². The van der Waals surface area contributed by atoms with Gasteiger partial charge in [-0.25, -0.2) is 9.67 Å². The highest BCUT2D eigenvalue weighted by molar-refractivity contribution is 5.90. The van der Waals surface area contributed by atoms with E-state index in [1.807, 2.05) is 49.4 Å². The first-order valence-electron chi connectivity index (χ1n) is 8.59. The molecule has 1 N–H and O–H groups in total. The van der Waals surface area contributed by atoms with Crippen LogP contribution in [0.25, 0.3) is 5.69 Å². The third-order valence-corrected chi connectivity index (χ3v) is 4.20. The first-order chi connectivity index (χ1) is 13.1. The second-order valence-corrected chi connectivity index (χ2v) is 5.99. The van der Waals surface area contributed by atoms with E-state index < -0.39 is 0 Å². The lowest BCUT2D eigenvalue weighted by Gasteiger charge is -2.09. The third-order valence-electron chi connectivity index (χ3n) is 4.20. The Hall–Kier alpha value is -3.35. The first-order valence-corrected chi connectivity index (χ1v) is 8.59. The SMILES string of the molecule is COc1ccc(CCNC(=O)c2ncn(-c3ccccc3C)n2)cc1OC. The first kappa shape index (κ1) is 18.4. The van der Waals surface area contributed by atoms with Gasteiger partial charge in [-0.15, -0.1) is 5.10 Å². The average Bonchev–Trinajstić information content (AvgIpc) is 3.18. The molecular formula is C20H22N4O3. The minimum Gasteiger partial charge on any atom is -0.493 e. The molecule has 0 aliphatic heterocycles. The second kappa shape index (κ2) is 8.35. The van der Waals surface area contributed by atoms with Crippen LogP contribution in [0, 0.1) is 6.92 Å². The normalized spacial score (nSPS) is 10.5. The Morgan fingerprint density at radius 1 is 1.11 bits per heavy atom. The van der Waals surface area contributed by atoms with Crippen LogP contribution in [0.2, 0.25) is 0 Å². The molecule has 0 aliphatic carbocycles. The van der Waals surface area contributed by atoms with Crippen LogP contribution in [0.5, 0.6) is 11.5 Å². The Morgan fingerprint density at radius 3 is 2.63 bits per heavy atom. The summed E-state index contributed by atoms with van der Waals surface area (Å²) in [5, 5.41) is 7.12. The number of hydrogen-bond acceptors (Lipinski definition) is 5. The van der Waals surface area contributed by atoms with Gasteiger partial charge in [-0.2, -0.15) is 0 Å². The summed E-state index contributed by atoms with van der Waals surface area (Å²) in [6.07, 6.45) is 2.20. The largest absolute Gasteiger partial charge is 0.493 e. The van der Waals surface area contributed by atoms with Crippen LogP contribution in [0.15, 0.2) is 48.8 Å². The number of nitrogens with one attached hydrogen (secondary N) is 1. The van der Waals surface area contributed by atoms with Crippen molar-refractivity contribution in [1.29, 1.82) is 0 Å². The minimum absolute atomic E-state index is 0.144. The summed E-state index contributed by atoms with van der Waals surface area (Å²) in [5.74, 6) is 1.18. The Labute approximate surface area is 158 Å². The zero-order valence-electron chi connectivity index (χ0n) is 15.6. The van der Waals surface area contributed by atoms with E-state index in [2.05, 4.69) is 15.4 Å². The number of amides is 1. The highest BCUT2D eigenvalue weighted by atomic mass is 16.5. The molecule has 2 aromatic carbocycles. The number of para-hydroxylation sites is 1. The molecule has 140 valence electrons. The van der Waals surface area contributed by atoms with Crippen LogP contribution < -0.4 is 14.8 Å². The van der Waals surface area contributed by atoms with Crippen molar-refractivity contribution in [1.82, 2.24) is 20.1 Å². The van der Waals surface area contributed by atoms with Gasteiger partial charge in [0.2, 0.25) is 5.82 Å². The number of nitrogens with zero attached hydrogens (tertiary/aromatic N) is 3. The number of aryl methyl sites for hydroxylation is 1. The molecule has 1 amide bonds. The number of carbonyl (C=O) groups excluding carboxylic acids is 1. The van der Waals surface area contributed by atoms with Gasteiger partial charge in [0.15, 0.2) is 11.5 Å². The van der Waals surface area contributed by atoms with Crippen molar-refractivity contribution in [3.63, 3.8) is 0 Å². The van der Waals surface area contributed by atoms with Crippen LogP contribution in [0.1, 0.15) is 21.7 Å². The molecule has 27 heavy (non-hydrogen) atoms. The summed E-state index contributed by atoms with van der Waals surface area (Å²) in [7, 11) is 3.20. The van der Waals surface area contributed by atoms with Crippen molar-refractivity contribution < 1.29 is 14.3 Å². The average molecular weight is 366 g/mol. The molecule has 1 aromatic heterocycles. The van der Waals surface area contributed by atoms with Crippen molar-refractivity contribution in [3.8, 4) is 17.2 Å². The predicted molar refractivity (Wildman–Crippen MR) is 102 cm³/mol. The molecule has 0 saturated heterocycles. The fraction of sp³-hybridized carbons (Fsp3) is 0.250. The van der Waals surface area contributed by atoms with Gasteiger partial charge < -0.3 is 14.8 Å². The van der Waals surface area contributed by atoms with Crippen LogP contribution in [0.3, 0.4) is 0 Å². The highest BCUT2D eigenvalue weighted by Crippen LogP contribution is 2.27. The molecule has 0 spiro atoms. The minimum atomic E-state index is -0.303. The quantitative estimate of drug-likeness (QED) is 0.695. The summed E-state index contributed by atoms with van der Waals surface area (Å²) < 4.78 is 12.1. The molecule has 0 radical (unpaired) electrons. The number of methoxy groups -OCH3 is 2. The van der Waals surface area contributed by atoms with Gasteiger partial charge in [0.05, 0.1) is 19.9 Å². The lowest BCUT2D eigenvalue weighted by Crippen LogP contribution is -2.27. The van der Waals surface area contributed by atoms with E-state index in [9.17, 15) is 4.79 Å². The molecule has 0 atom stereocenters. The van der Waals surface area contributed by atoms with Crippen molar-refractivity contribution in [2.75, 3.05) is 20.8 Å². The zero-order chi connectivity index (χ0) is 19.2. The molecule has 3 rings (SSSR count). The van der Waals surface area contributed by atoms with Crippen molar-refractivity contribution in [2.24, 2.45) is 0 Å². The molecule has 0 fully saturated rings. The Bertz CT molecular complexity index is 936. The molecule has 7 heteroatoms. The standard InChI is InChI=1S/C20H22N4O3/c1-14-6-4-5-7-16(14)24-13-22-19(23-24)20(25)21-11-10-15-8-9-17(26-2)18(12-15)27-3/h4-9,12-13H,10-11H2,1-3H3,(H,21,25). The molecule has 1 heterocycles. The van der Waals surface area contributed by atoms with Crippen LogP contribution >= 0.6 is 0 Å². The van der Waals surface area contributed by atoms with E-state index >= 15 is 0 Å². The Balaban J connectivity index is 1.60. The summed E-state index contributed by atoms with van der Waals surface area (Å²) in [6, 6.07) is 13.5. The lowest BCUT2D eigenvalue weighted by atomic mass is 10.1. The van der Waals surface area contributed by atoms with E-state index in [0.29, 0.717) is 24.5 Å². The number of rotatable bonds is 7. The zero-order valence-corrected chi connectivity index (χ0v) is 15.6. The number of hydrogen-bond donors (Lipinski definition) is 1. The van der Waals surface area contributed by atoms with E-state index in [1.165, 1.54) is 0 Å². The van der Waals surface area contributed by atoms with Crippen LogP contribution in [-0.4, -0.2) is 41.4 Å². The summed E-state index contributed by atoms with van der Waals surface area (Å²) in [5.41, 5.74) is 2.99. The van der Waals surface area contributed by atoms with Crippen molar-refractivity contribution >= 4 is 5.91 Å². The third kappa shape index (κ3) is 4.25. The topological polar surface area (TPSA) is 78.3 Å². The predicted octanol–water partition coefficient (Wildman–Crippen LogP) is 2.57. The van der Waals surface area contributed by atoms with E-state index in [0.717, 1.165) is 16.8 Å². The maximum atomic E-state index is 12.3. The van der Waals surface area contributed by atoms with E-state index in [1.54, 1.807) is 25.2 Å². The van der Waals surface area contributed by atoms with Gasteiger partial charge >= 0.3 is 0 Å². The van der Waals surface area contributed by atoms with Gasteiger partial charge in [0, 0.05) is 6.54 Å². The molecule has 0 bridgehead atoms. The highest BCUT2D eigenvalue weighted by Gasteiger charge is 2.12. The molecule has 0 unspecified atom stereocenters. The maximum absolute atomic E-state index is 12.3. The molecular weight excluding hydrogens is 344 g/mol. The van der Waals surface area contributed by atoms with Gasteiger partial charge in [0.25, 0.3) is 5.91 Å². The fourth-order valence-electron chi connectivity index (χ4n) is 2.74. The number of carbonyl (C=O) groups is 1. The lowest BCUT2D eigenvalue weighted by molar-refractivity contribution is 0.0944. The molecule has 3 aromatic rings. The molecule has 0 aliphatic rings. The monoisotopic (exact) mass is 366 g/mol. The number of benzene rings is 2. The van der Waals surface area contributed by atoms with E-state index in [-0.39, 0.29) is 11.7 Å². The smallest absolute Gasteiger partial charge is 0.290 e. The van der Waals surface area contributed by atoms with Crippen molar-refractivity contribution in [3.05, 3.63) is 65.7 Å². The summed E-state index contributed by atoms with van der Waals surface area (Å²) in [4.78, 5) is 16.4. The summed E-state index contributed by atoms with van der Waals surface area (Å²) in [6.45, 7) is 2.45. The van der Waals surface area contributed by atoms with Gasteiger partial charge in [0.1, 0.15) is 6.33 Å². The molecule has 0 saturated carbocycles. The number of aromatic nitrogens is 3. The maximum Gasteiger partial charge on any atom is 0.290 e. The summed E-state index contributed by atoms with van der Waals surface area (Å²) >= 11 is 0. The Morgan fingerprint density at radius 2 is 1.89 bits per heavy atom. The number of ether oxygens (including phenoxy) is 2. The Kier molecular flexibility index (Phi) is 5.71. The van der Waals surface area contributed by atoms with Crippen molar-refractivity contribution in [2.45, 2.75) is 13.3 Å². The van der Waals surface area contributed by atoms with Gasteiger partial charge in [-0.05, 0) is 42.7 Å². The second-order valence-electron chi connectivity index (χ2n) is 5.99. The fourth-order valence-corrected chi connectivity index (χ4v) is 2.74. The van der Waals surface area contributed by atoms with Gasteiger partial charge in [-0.1, -0.05) is 24.3 Å². The van der Waals surface area contributed by atoms with Crippen LogP contribution in [0.4, 0.5) is 0 Å².